The Labute approximate surface area is 136 Å². The molecule has 0 N–H and O–H groups in total. The van der Waals surface area contributed by atoms with Gasteiger partial charge in [0.2, 0.25) is 5.76 Å². The standard InChI is InChI=1S/C18H22N2O3/c1-3-16-19-13(2)17(23-16)18(21)20-10-9-15(22-12-11-20)14-7-5-4-6-8-14/h4-8,15H,3,9-12H2,1-2H3. The topological polar surface area (TPSA) is 55.6 Å². The van der Waals surface area contributed by atoms with Gasteiger partial charge in [0.05, 0.1) is 18.4 Å². The third-order valence-electron chi connectivity index (χ3n) is 4.14. The Balaban J connectivity index is 1.70. The van der Waals surface area contributed by atoms with E-state index in [9.17, 15) is 4.79 Å². The maximum atomic E-state index is 12.7. The van der Waals surface area contributed by atoms with Gasteiger partial charge in [-0.3, -0.25) is 4.79 Å². The van der Waals surface area contributed by atoms with E-state index in [1.807, 2.05) is 32.0 Å². The second kappa shape index (κ2) is 6.96. The summed E-state index contributed by atoms with van der Waals surface area (Å²) >= 11 is 0. The number of oxazole rings is 1. The molecule has 3 rings (SSSR count). The number of carbonyl (C=O) groups excluding carboxylic acids is 1. The first-order valence-electron chi connectivity index (χ1n) is 8.11. The number of aryl methyl sites for hydroxylation is 2. The summed E-state index contributed by atoms with van der Waals surface area (Å²) in [4.78, 5) is 18.8. The predicted octanol–water partition coefficient (Wildman–Crippen LogP) is 3.15. The summed E-state index contributed by atoms with van der Waals surface area (Å²) in [6, 6.07) is 10.1. The minimum Gasteiger partial charge on any atom is -0.435 e. The highest BCUT2D eigenvalue weighted by Gasteiger charge is 2.26. The van der Waals surface area contributed by atoms with Crippen molar-refractivity contribution < 1.29 is 13.9 Å². The second-order valence-electron chi connectivity index (χ2n) is 5.73. The number of rotatable bonds is 3. The van der Waals surface area contributed by atoms with Crippen molar-refractivity contribution in [2.45, 2.75) is 32.8 Å². The molecule has 5 nitrogen and oxygen atoms in total. The van der Waals surface area contributed by atoms with Crippen molar-refractivity contribution in [1.29, 1.82) is 0 Å². The zero-order valence-electron chi connectivity index (χ0n) is 13.6. The summed E-state index contributed by atoms with van der Waals surface area (Å²) in [5.74, 6) is 0.881. The van der Waals surface area contributed by atoms with Crippen LogP contribution in [0.2, 0.25) is 0 Å². The van der Waals surface area contributed by atoms with Crippen molar-refractivity contribution in [2.24, 2.45) is 0 Å². The monoisotopic (exact) mass is 314 g/mol. The molecule has 122 valence electrons. The van der Waals surface area contributed by atoms with Crippen molar-refractivity contribution in [2.75, 3.05) is 19.7 Å². The molecule has 1 aromatic carbocycles. The first kappa shape index (κ1) is 15.7. The van der Waals surface area contributed by atoms with Crippen LogP contribution >= 0.6 is 0 Å². The van der Waals surface area contributed by atoms with Gasteiger partial charge in [0.1, 0.15) is 0 Å². The molecule has 0 radical (unpaired) electrons. The van der Waals surface area contributed by atoms with E-state index in [1.165, 1.54) is 0 Å². The number of ether oxygens (including phenoxy) is 1. The molecule has 1 fully saturated rings. The maximum Gasteiger partial charge on any atom is 0.291 e. The fraction of sp³-hybridized carbons (Fsp3) is 0.444. The van der Waals surface area contributed by atoms with Crippen LogP contribution in [0.3, 0.4) is 0 Å². The number of benzene rings is 1. The minimum atomic E-state index is -0.0907. The molecule has 1 aliphatic rings. The molecule has 0 saturated carbocycles. The SMILES string of the molecule is CCc1nc(C)c(C(=O)N2CCOC(c3ccccc3)CC2)o1. The zero-order chi connectivity index (χ0) is 16.2. The molecule has 1 saturated heterocycles. The lowest BCUT2D eigenvalue weighted by Crippen LogP contribution is -2.33. The van der Waals surface area contributed by atoms with Crippen LogP contribution in [0.4, 0.5) is 0 Å². The molecule has 0 spiro atoms. The van der Waals surface area contributed by atoms with E-state index in [1.54, 1.807) is 4.90 Å². The van der Waals surface area contributed by atoms with Gasteiger partial charge in [-0.05, 0) is 18.9 Å². The molecule has 2 heterocycles. The van der Waals surface area contributed by atoms with E-state index in [2.05, 4.69) is 17.1 Å². The second-order valence-corrected chi connectivity index (χ2v) is 5.73. The Morgan fingerprint density at radius 3 is 2.78 bits per heavy atom. The lowest BCUT2D eigenvalue weighted by Gasteiger charge is -2.18. The average Bonchev–Trinajstić information content (AvgIpc) is 2.81. The van der Waals surface area contributed by atoms with E-state index in [-0.39, 0.29) is 12.0 Å². The van der Waals surface area contributed by atoms with Gasteiger partial charge in [0, 0.05) is 19.5 Å². The van der Waals surface area contributed by atoms with Gasteiger partial charge < -0.3 is 14.1 Å². The summed E-state index contributed by atoms with van der Waals surface area (Å²) in [7, 11) is 0. The Morgan fingerprint density at radius 2 is 2.09 bits per heavy atom. The van der Waals surface area contributed by atoms with Gasteiger partial charge in [-0.1, -0.05) is 37.3 Å². The molecule has 1 aliphatic heterocycles. The largest absolute Gasteiger partial charge is 0.435 e. The van der Waals surface area contributed by atoms with E-state index in [0.717, 1.165) is 12.0 Å². The van der Waals surface area contributed by atoms with Crippen molar-refractivity contribution in [1.82, 2.24) is 9.88 Å². The smallest absolute Gasteiger partial charge is 0.291 e. The summed E-state index contributed by atoms with van der Waals surface area (Å²) < 4.78 is 11.5. The number of carbonyl (C=O) groups is 1. The number of nitrogens with zero attached hydrogens (tertiary/aromatic N) is 2. The fourth-order valence-electron chi connectivity index (χ4n) is 2.85. The summed E-state index contributed by atoms with van der Waals surface area (Å²) in [6.45, 7) is 5.53. The van der Waals surface area contributed by atoms with Crippen LogP contribution < -0.4 is 0 Å². The van der Waals surface area contributed by atoms with Gasteiger partial charge in [-0.15, -0.1) is 0 Å². The lowest BCUT2D eigenvalue weighted by atomic mass is 10.1. The summed E-state index contributed by atoms with van der Waals surface area (Å²) in [5.41, 5.74) is 1.82. The van der Waals surface area contributed by atoms with Gasteiger partial charge in [0.25, 0.3) is 5.91 Å². The highest BCUT2D eigenvalue weighted by atomic mass is 16.5. The molecule has 5 heteroatoms. The van der Waals surface area contributed by atoms with Crippen molar-refractivity contribution in [3.8, 4) is 0 Å². The average molecular weight is 314 g/mol. The molecule has 1 unspecified atom stereocenters. The molecular formula is C18H22N2O3. The van der Waals surface area contributed by atoms with E-state index in [4.69, 9.17) is 9.15 Å². The fourth-order valence-corrected chi connectivity index (χ4v) is 2.85. The molecule has 2 aromatic rings. The van der Waals surface area contributed by atoms with Crippen molar-refractivity contribution in [3.05, 3.63) is 53.2 Å². The molecule has 23 heavy (non-hydrogen) atoms. The van der Waals surface area contributed by atoms with E-state index in [0.29, 0.717) is 43.5 Å². The molecule has 1 amide bonds. The number of hydrogen-bond acceptors (Lipinski definition) is 4. The minimum absolute atomic E-state index is 0.0380. The Kier molecular flexibility index (Phi) is 4.76. The van der Waals surface area contributed by atoms with Crippen LogP contribution in [-0.4, -0.2) is 35.5 Å². The van der Waals surface area contributed by atoms with Crippen LogP contribution in [0, 0.1) is 6.92 Å². The van der Waals surface area contributed by atoms with Gasteiger partial charge in [0.15, 0.2) is 5.89 Å². The first-order chi connectivity index (χ1) is 11.2. The number of amides is 1. The normalized spacial score (nSPS) is 18.7. The molecule has 0 bridgehead atoms. The number of aromatic nitrogens is 1. The summed E-state index contributed by atoms with van der Waals surface area (Å²) in [6.07, 6.45) is 1.51. The molecule has 1 atom stereocenters. The number of hydrogen-bond donors (Lipinski definition) is 0. The summed E-state index contributed by atoms with van der Waals surface area (Å²) in [5, 5.41) is 0. The van der Waals surface area contributed by atoms with Crippen LogP contribution in [0.15, 0.2) is 34.7 Å². The quantitative estimate of drug-likeness (QED) is 0.873. The van der Waals surface area contributed by atoms with Gasteiger partial charge in [-0.2, -0.15) is 0 Å². The van der Waals surface area contributed by atoms with Crippen molar-refractivity contribution in [3.63, 3.8) is 0 Å². The Hall–Kier alpha value is -2.14. The highest BCUT2D eigenvalue weighted by molar-refractivity contribution is 5.92. The lowest BCUT2D eigenvalue weighted by molar-refractivity contribution is 0.0576. The highest BCUT2D eigenvalue weighted by Crippen LogP contribution is 2.24. The van der Waals surface area contributed by atoms with Crippen molar-refractivity contribution >= 4 is 5.91 Å². The third kappa shape index (κ3) is 3.45. The zero-order valence-corrected chi connectivity index (χ0v) is 13.6. The first-order valence-corrected chi connectivity index (χ1v) is 8.11. The van der Waals surface area contributed by atoms with Gasteiger partial charge in [-0.25, -0.2) is 4.98 Å². The van der Waals surface area contributed by atoms with E-state index < -0.39 is 0 Å². The maximum absolute atomic E-state index is 12.7. The van der Waals surface area contributed by atoms with E-state index >= 15 is 0 Å². The molecular weight excluding hydrogens is 292 g/mol. The van der Waals surface area contributed by atoms with Crippen LogP contribution in [-0.2, 0) is 11.2 Å². The van der Waals surface area contributed by atoms with Crippen LogP contribution in [0.5, 0.6) is 0 Å². The Bertz CT molecular complexity index is 666. The third-order valence-corrected chi connectivity index (χ3v) is 4.14. The molecule has 1 aromatic heterocycles. The predicted molar refractivity (Wildman–Crippen MR) is 86.3 cm³/mol. The van der Waals surface area contributed by atoms with Gasteiger partial charge >= 0.3 is 0 Å². The molecule has 0 aliphatic carbocycles. The van der Waals surface area contributed by atoms with Crippen LogP contribution in [0.1, 0.15) is 47.2 Å². The van der Waals surface area contributed by atoms with Crippen LogP contribution in [0.25, 0.3) is 0 Å². The Morgan fingerprint density at radius 1 is 1.30 bits per heavy atom.